The Kier molecular flexibility index (Phi) is 0.810. The van der Waals surface area contributed by atoms with E-state index in [0.717, 1.165) is 13.1 Å². The second-order valence-corrected chi connectivity index (χ2v) is 1.90. The van der Waals surface area contributed by atoms with E-state index in [2.05, 4.69) is 11.2 Å². The average molecular weight is 96.1 g/mol. The molecule has 7 heavy (non-hydrogen) atoms. The zero-order chi connectivity index (χ0) is 5.33. The van der Waals surface area contributed by atoms with E-state index in [-0.39, 0.29) is 5.54 Å². The maximum absolute atomic E-state index is 5.50. The smallest absolute Gasteiger partial charge is 0.102 e. The van der Waals surface area contributed by atoms with Gasteiger partial charge in [0.1, 0.15) is 5.54 Å². The van der Waals surface area contributed by atoms with E-state index in [9.17, 15) is 0 Å². The third-order valence-corrected chi connectivity index (χ3v) is 1.17. The molecule has 2 nitrogen and oxygen atoms in total. The maximum Gasteiger partial charge on any atom is 0.102 e. The van der Waals surface area contributed by atoms with Crippen molar-refractivity contribution < 1.29 is 0 Å². The summed E-state index contributed by atoms with van der Waals surface area (Å²) in [5.41, 5.74) is 5.18. The van der Waals surface area contributed by atoms with Crippen LogP contribution in [0.5, 0.6) is 0 Å². The molecule has 1 aliphatic heterocycles. The number of terminal acetylenes is 1. The summed E-state index contributed by atoms with van der Waals surface area (Å²) in [4.78, 5) is 0. The van der Waals surface area contributed by atoms with Crippen molar-refractivity contribution in [3.8, 4) is 12.3 Å². The highest BCUT2D eigenvalue weighted by Crippen LogP contribution is 2.02. The molecule has 0 spiro atoms. The van der Waals surface area contributed by atoms with Crippen molar-refractivity contribution in [3.05, 3.63) is 0 Å². The Morgan fingerprint density at radius 2 is 2.29 bits per heavy atom. The first kappa shape index (κ1) is 4.63. The molecule has 1 saturated heterocycles. The summed E-state index contributed by atoms with van der Waals surface area (Å²) < 4.78 is 0. The summed E-state index contributed by atoms with van der Waals surface area (Å²) in [7, 11) is 0. The Balaban J connectivity index is 2.48. The monoisotopic (exact) mass is 96.1 g/mol. The molecular weight excluding hydrogens is 88.1 g/mol. The van der Waals surface area contributed by atoms with Gasteiger partial charge in [-0.1, -0.05) is 5.92 Å². The van der Waals surface area contributed by atoms with Crippen LogP contribution in [-0.2, 0) is 0 Å². The normalized spacial score (nSPS) is 25.1. The van der Waals surface area contributed by atoms with Crippen LogP contribution in [0.15, 0.2) is 0 Å². The molecule has 38 valence electrons. The molecule has 0 radical (unpaired) electrons. The van der Waals surface area contributed by atoms with Gasteiger partial charge in [0.2, 0.25) is 0 Å². The van der Waals surface area contributed by atoms with Gasteiger partial charge >= 0.3 is 0 Å². The second kappa shape index (κ2) is 1.22. The summed E-state index contributed by atoms with van der Waals surface area (Å²) in [5, 5.41) is 2.99. The molecule has 3 N–H and O–H groups in total. The predicted octanol–water partition coefficient (Wildman–Crippen LogP) is -1.08. The Labute approximate surface area is 43.1 Å². The van der Waals surface area contributed by atoms with Gasteiger partial charge in [0.15, 0.2) is 0 Å². The van der Waals surface area contributed by atoms with Crippen molar-refractivity contribution in [2.75, 3.05) is 13.1 Å². The molecule has 0 aliphatic carbocycles. The molecule has 0 aromatic carbocycles. The lowest BCUT2D eigenvalue weighted by atomic mass is 9.96. The maximum atomic E-state index is 5.50. The van der Waals surface area contributed by atoms with Gasteiger partial charge in [-0.3, -0.25) is 0 Å². The van der Waals surface area contributed by atoms with Crippen LogP contribution in [0.3, 0.4) is 0 Å². The van der Waals surface area contributed by atoms with E-state index in [0.29, 0.717) is 0 Å². The average Bonchev–Trinajstić information content (AvgIpc) is 1.61. The van der Waals surface area contributed by atoms with E-state index in [1.807, 2.05) is 0 Å². The highest BCUT2D eigenvalue weighted by atomic mass is 15.1. The summed E-state index contributed by atoms with van der Waals surface area (Å²) >= 11 is 0. The van der Waals surface area contributed by atoms with Crippen molar-refractivity contribution in [1.82, 2.24) is 5.32 Å². The topological polar surface area (TPSA) is 38.0 Å². The largest absolute Gasteiger partial charge is 0.313 e. The minimum Gasteiger partial charge on any atom is -0.313 e. The molecular formula is C5H8N2. The molecule has 0 atom stereocenters. The zero-order valence-corrected chi connectivity index (χ0v) is 4.07. The van der Waals surface area contributed by atoms with Crippen LogP contribution < -0.4 is 11.1 Å². The molecule has 0 aromatic rings. The predicted molar refractivity (Wildman–Crippen MR) is 28.6 cm³/mol. The molecule has 0 saturated carbocycles. The molecule has 0 unspecified atom stereocenters. The summed E-state index contributed by atoms with van der Waals surface area (Å²) in [6, 6.07) is 0. The zero-order valence-electron chi connectivity index (χ0n) is 4.07. The Morgan fingerprint density at radius 3 is 2.29 bits per heavy atom. The second-order valence-electron chi connectivity index (χ2n) is 1.90. The molecule has 2 heteroatoms. The van der Waals surface area contributed by atoms with Crippen LogP contribution in [-0.4, -0.2) is 18.6 Å². The molecule has 1 rings (SSSR count). The Hall–Kier alpha value is -0.520. The van der Waals surface area contributed by atoms with E-state index < -0.39 is 0 Å². The van der Waals surface area contributed by atoms with Gasteiger partial charge in [-0.05, 0) is 0 Å². The highest BCUT2D eigenvalue weighted by molar-refractivity contribution is 5.18. The Bertz CT molecular complexity index is 108. The van der Waals surface area contributed by atoms with Crippen molar-refractivity contribution >= 4 is 0 Å². The molecule has 0 amide bonds. The van der Waals surface area contributed by atoms with Crippen molar-refractivity contribution in [3.63, 3.8) is 0 Å². The first-order valence-corrected chi connectivity index (χ1v) is 2.24. The SMILES string of the molecule is C#CC1(N)CNC1. The highest BCUT2D eigenvalue weighted by Gasteiger charge is 2.29. The summed E-state index contributed by atoms with van der Waals surface area (Å²) in [6.07, 6.45) is 5.05. The third kappa shape index (κ3) is 0.604. The van der Waals surface area contributed by atoms with Gasteiger partial charge in [0, 0.05) is 13.1 Å². The van der Waals surface area contributed by atoms with Gasteiger partial charge in [-0.2, -0.15) is 0 Å². The molecule has 0 aromatic heterocycles. The van der Waals surface area contributed by atoms with Gasteiger partial charge in [0.05, 0.1) is 0 Å². The van der Waals surface area contributed by atoms with E-state index >= 15 is 0 Å². The summed E-state index contributed by atoms with van der Waals surface area (Å²) in [5.74, 6) is 2.49. The number of nitrogens with one attached hydrogen (secondary N) is 1. The fourth-order valence-corrected chi connectivity index (χ4v) is 0.496. The van der Waals surface area contributed by atoms with Crippen LogP contribution in [0.2, 0.25) is 0 Å². The minimum atomic E-state index is -0.319. The first-order chi connectivity index (χ1) is 3.27. The third-order valence-electron chi connectivity index (χ3n) is 1.17. The van der Waals surface area contributed by atoms with Gasteiger partial charge < -0.3 is 11.1 Å². The fourth-order valence-electron chi connectivity index (χ4n) is 0.496. The van der Waals surface area contributed by atoms with Crippen LogP contribution in [0.1, 0.15) is 0 Å². The van der Waals surface area contributed by atoms with Crippen molar-refractivity contribution in [2.24, 2.45) is 5.73 Å². The van der Waals surface area contributed by atoms with Gasteiger partial charge in [-0.25, -0.2) is 0 Å². The van der Waals surface area contributed by atoms with Crippen LogP contribution >= 0.6 is 0 Å². The van der Waals surface area contributed by atoms with Gasteiger partial charge in [-0.15, -0.1) is 6.42 Å². The number of nitrogens with two attached hydrogens (primary N) is 1. The standard InChI is InChI=1S/C5H8N2/c1-2-5(6)3-7-4-5/h1,7H,3-4,6H2. The van der Waals surface area contributed by atoms with E-state index in [1.165, 1.54) is 0 Å². The van der Waals surface area contributed by atoms with Gasteiger partial charge in [0.25, 0.3) is 0 Å². The Morgan fingerprint density at radius 1 is 1.71 bits per heavy atom. The molecule has 1 heterocycles. The first-order valence-electron chi connectivity index (χ1n) is 2.24. The van der Waals surface area contributed by atoms with Crippen LogP contribution in [0, 0.1) is 12.3 Å². The van der Waals surface area contributed by atoms with Crippen LogP contribution in [0.25, 0.3) is 0 Å². The van der Waals surface area contributed by atoms with Crippen molar-refractivity contribution in [1.29, 1.82) is 0 Å². The molecule has 1 fully saturated rings. The van der Waals surface area contributed by atoms with E-state index in [4.69, 9.17) is 12.2 Å². The lowest BCUT2D eigenvalue weighted by Gasteiger charge is -2.33. The number of rotatable bonds is 0. The molecule has 0 bridgehead atoms. The lowest BCUT2D eigenvalue weighted by molar-refractivity contribution is 0.362. The quantitative estimate of drug-likeness (QED) is 0.376. The number of hydrogen-bond donors (Lipinski definition) is 2. The molecule has 1 aliphatic rings. The minimum absolute atomic E-state index is 0.319. The fraction of sp³-hybridized carbons (Fsp3) is 0.600. The number of hydrogen-bond acceptors (Lipinski definition) is 2. The lowest BCUT2D eigenvalue weighted by Crippen LogP contribution is -2.64. The van der Waals surface area contributed by atoms with Crippen molar-refractivity contribution in [2.45, 2.75) is 5.54 Å². The summed E-state index contributed by atoms with van der Waals surface area (Å²) in [6.45, 7) is 1.53. The van der Waals surface area contributed by atoms with E-state index in [1.54, 1.807) is 0 Å². The van der Waals surface area contributed by atoms with Crippen LogP contribution in [0.4, 0.5) is 0 Å².